The summed E-state index contributed by atoms with van der Waals surface area (Å²) >= 11 is 0. The molecule has 0 unspecified atom stereocenters. The summed E-state index contributed by atoms with van der Waals surface area (Å²) in [7, 11) is 0. The van der Waals surface area contributed by atoms with Crippen LogP contribution in [0.2, 0.25) is 0 Å². The van der Waals surface area contributed by atoms with Gasteiger partial charge in [0.15, 0.2) is 17.5 Å². The lowest BCUT2D eigenvalue weighted by Crippen LogP contribution is -2.04. The molecule has 0 aliphatic carbocycles. The van der Waals surface area contributed by atoms with Crippen LogP contribution >= 0.6 is 0 Å². The van der Waals surface area contributed by atoms with Crippen LogP contribution in [0, 0.1) is 6.92 Å². The van der Waals surface area contributed by atoms with Crippen LogP contribution in [0.1, 0.15) is 5.56 Å². The molecular weight excluding hydrogens is 695 g/mol. The average molecular weight is 730 g/mol. The molecule has 0 radical (unpaired) electrons. The summed E-state index contributed by atoms with van der Waals surface area (Å²) in [6.07, 6.45) is 0. The number of hydrogen-bond acceptors (Lipinski definition) is 3. The minimum Gasteiger partial charge on any atom is -0.309 e. The van der Waals surface area contributed by atoms with Gasteiger partial charge in [0, 0.05) is 43.9 Å². The van der Waals surface area contributed by atoms with Gasteiger partial charge in [-0.3, -0.25) is 0 Å². The Morgan fingerprint density at radius 1 is 0.316 bits per heavy atom. The van der Waals surface area contributed by atoms with Crippen molar-refractivity contribution in [2.45, 2.75) is 6.92 Å². The normalized spacial score (nSPS) is 11.6. The molecule has 11 aromatic rings. The minimum absolute atomic E-state index is 0.610. The highest BCUT2D eigenvalue weighted by atomic mass is 15.1. The quantitative estimate of drug-likeness (QED) is 0.171. The zero-order valence-electron chi connectivity index (χ0n) is 31.2. The maximum absolute atomic E-state index is 5.26. The Morgan fingerprint density at radius 3 is 1.35 bits per heavy atom. The first-order valence-corrected chi connectivity index (χ1v) is 19.3. The van der Waals surface area contributed by atoms with Gasteiger partial charge in [0.25, 0.3) is 0 Å². The zero-order valence-corrected chi connectivity index (χ0v) is 31.2. The smallest absolute Gasteiger partial charge is 0.166 e. The van der Waals surface area contributed by atoms with Crippen molar-refractivity contribution >= 4 is 43.6 Å². The first kappa shape index (κ1) is 32.8. The number of aromatic nitrogens is 5. The van der Waals surface area contributed by atoms with E-state index in [-0.39, 0.29) is 0 Å². The van der Waals surface area contributed by atoms with E-state index in [2.05, 4.69) is 174 Å². The molecule has 0 amide bonds. The van der Waals surface area contributed by atoms with Gasteiger partial charge in [-0.25, -0.2) is 15.0 Å². The maximum atomic E-state index is 5.26. The molecule has 0 spiro atoms. The van der Waals surface area contributed by atoms with E-state index in [9.17, 15) is 0 Å². The fourth-order valence-electron chi connectivity index (χ4n) is 8.43. The van der Waals surface area contributed by atoms with Gasteiger partial charge >= 0.3 is 0 Å². The molecule has 0 aliphatic rings. The summed E-state index contributed by atoms with van der Waals surface area (Å²) in [5.41, 5.74) is 13.0. The van der Waals surface area contributed by atoms with Gasteiger partial charge in [0.2, 0.25) is 0 Å². The molecule has 0 bridgehead atoms. The molecule has 11 rings (SSSR count). The van der Waals surface area contributed by atoms with Crippen molar-refractivity contribution in [3.05, 3.63) is 200 Å². The number of aryl methyl sites for hydroxylation is 1. The van der Waals surface area contributed by atoms with Crippen LogP contribution in [0.5, 0.6) is 0 Å². The first-order valence-electron chi connectivity index (χ1n) is 19.3. The van der Waals surface area contributed by atoms with Crippen LogP contribution in [0.3, 0.4) is 0 Å². The van der Waals surface area contributed by atoms with Crippen LogP contribution in [-0.4, -0.2) is 24.1 Å². The molecule has 0 atom stereocenters. The summed E-state index contributed by atoms with van der Waals surface area (Å²) in [5, 5.41) is 4.82. The van der Waals surface area contributed by atoms with Gasteiger partial charge < -0.3 is 9.13 Å². The van der Waals surface area contributed by atoms with Gasteiger partial charge in [-0.05, 0) is 72.1 Å². The number of benzene rings is 8. The van der Waals surface area contributed by atoms with Crippen molar-refractivity contribution in [3.63, 3.8) is 0 Å². The molecular formula is C52H35N5. The highest BCUT2D eigenvalue weighted by Crippen LogP contribution is 2.40. The third kappa shape index (κ3) is 5.43. The predicted octanol–water partition coefficient (Wildman–Crippen LogP) is 13.0. The lowest BCUT2D eigenvalue weighted by molar-refractivity contribution is 1.06. The highest BCUT2D eigenvalue weighted by molar-refractivity contribution is 6.11. The Kier molecular flexibility index (Phi) is 7.64. The molecule has 5 nitrogen and oxygen atoms in total. The molecule has 0 saturated heterocycles. The molecule has 57 heavy (non-hydrogen) atoms. The molecule has 0 N–H and O–H groups in total. The zero-order chi connectivity index (χ0) is 37.9. The van der Waals surface area contributed by atoms with E-state index in [4.69, 9.17) is 15.0 Å². The summed E-state index contributed by atoms with van der Waals surface area (Å²) < 4.78 is 4.75. The van der Waals surface area contributed by atoms with E-state index in [1.807, 2.05) is 36.4 Å². The van der Waals surface area contributed by atoms with Gasteiger partial charge in [-0.2, -0.15) is 0 Å². The fourth-order valence-corrected chi connectivity index (χ4v) is 8.43. The van der Waals surface area contributed by atoms with Gasteiger partial charge in [0.1, 0.15) is 0 Å². The molecule has 268 valence electrons. The average Bonchev–Trinajstić information content (AvgIpc) is 3.79. The van der Waals surface area contributed by atoms with E-state index >= 15 is 0 Å². The Labute approximate surface area is 329 Å². The molecule has 8 aromatic carbocycles. The van der Waals surface area contributed by atoms with Gasteiger partial charge in [-0.1, -0.05) is 146 Å². The maximum Gasteiger partial charge on any atom is 0.166 e. The topological polar surface area (TPSA) is 48.5 Å². The van der Waals surface area contributed by atoms with Gasteiger partial charge in [0.05, 0.1) is 27.8 Å². The van der Waals surface area contributed by atoms with E-state index in [1.165, 1.54) is 43.8 Å². The summed E-state index contributed by atoms with van der Waals surface area (Å²) in [6, 6.07) is 68.5. The minimum atomic E-state index is 0.610. The van der Waals surface area contributed by atoms with Crippen LogP contribution < -0.4 is 0 Å². The second-order valence-electron chi connectivity index (χ2n) is 14.5. The van der Waals surface area contributed by atoms with Crippen molar-refractivity contribution in [1.82, 2.24) is 24.1 Å². The lowest BCUT2D eigenvalue weighted by atomic mass is 9.99. The SMILES string of the molecule is Cc1ccccc1-n1c2ccccc2c2cc(-c3ccc(-n4c5ccccc5c5ccccc54)c(-c4nc(-c5ccccc5)nc(-c5ccccc5)n4)c3)ccc21. The predicted molar refractivity (Wildman–Crippen MR) is 235 cm³/mol. The van der Waals surface area contributed by atoms with Crippen LogP contribution in [0.4, 0.5) is 0 Å². The molecule has 0 aliphatic heterocycles. The van der Waals surface area contributed by atoms with E-state index < -0.39 is 0 Å². The van der Waals surface area contributed by atoms with Crippen molar-refractivity contribution in [2.75, 3.05) is 0 Å². The number of para-hydroxylation sites is 4. The Hall–Kier alpha value is -7.63. The molecule has 0 saturated carbocycles. The Bertz CT molecular complexity index is 3190. The standard InChI is InChI=1S/C52H35N5/c1-34-16-8-12-24-44(34)56-47-27-15-11-23-41(47)42-32-37(28-30-48(42)56)38-29-31-49(57-45-25-13-9-21-39(45)40-22-10-14-26-46(40)57)43(33-38)52-54-50(35-17-4-2-5-18-35)53-51(55-52)36-19-6-3-7-20-36/h2-33H,1H3. The Morgan fingerprint density at radius 2 is 0.754 bits per heavy atom. The number of rotatable bonds is 6. The number of nitrogens with zero attached hydrogens (tertiary/aromatic N) is 5. The fraction of sp³-hybridized carbons (Fsp3) is 0.0192. The van der Waals surface area contributed by atoms with Crippen molar-refractivity contribution in [2.24, 2.45) is 0 Å². The van der Waals surface area contributed by atoms with E-state index in [0.717, 1.165) is 44.5 Å². The van der Waals surface area contributed by atoms with Crippen molar-refractivity contribution in [3.8, 4) is 56.7 Å². The van der Waals surface area contributed by atoms with Gasteiger partial charge in [-0.15, -0.1) is 0 Å². The molecule has 3 heterocycles. The molecule has 0 fully saturated rings. The monoisotopic (exact) mass is 729 g/mol. The summed E-state index contributed by atoms with van der Waals surface area (Å²) in [6.45, 7) is 2.18. The third-order valence-corrected chi connectivity index (χ3v) is 11.1. The molecule has 5 heteroatoms. The van der Waals surface area contributed by atoms with Crippen molar-refractivity contribution < 1.29 is 0 Å². The lowest BCUT2D eigenvalue weighted by Gasteiger charge is -2.16. The second-order valence-corrected chi connectivity index (χ2v) is 14.5. The third-order valence-electron chi connectivity index (χ3n) is 11.1. The summed E-state index contributed by atoms with van der Waals surface area (Å²) in [4.78, 5) is 15.6. The first-order chi connectivity index (χ1) is 28.2. The van der Waals surface area contributed by atoms with Crippen LogP contribution in [0.15, 0.2) is 194 Å². The summed E-state index contributed by atoms with van der Waals surface area (Å²) in [5.74, 6) is 1.87. The van der Waals surface area contributed by atoms with E-state index in [1.54, 1.807) is 0 Å². The largest absolute Gasteiger partial charge is 0.309 e. The number of fused-ring (bicyclic) bond motifs is 6. The van der Waals surface area contributed by atoms with E-state index in [0.29, 0.717) is 17.5 Å². The van der Waals surface area contributed by atoms with Crippen molar-refractivity contribution in [1.29, 1.82) is 0 Å². The highest BCUT2D eigenvalue weighted by Gasteiger charge is 2.21. The number of hydrogen-bond donors (Lipinski definition) is 0. The van der Waals surface area contributed by atoms with Crippen LogP contribution in [-0.2, 0) is 0 Å². The van der Waals surface area contributed by atoms with Crippen LogP contribution in [0.25, 0.3) is 100 Å². The Balaban J connectivity index is 1.19. The second kappa shape index (κ2) is 13.3. The molecule has 3 aromatic heterocycles.